The largest absolute Gasteiger partial charge is 0.453 e. The van der Waals surface area contributed by atoms with E-state index in [-0.39, 0.29) is 24.1 Å². The standard InChI is InChI=1S/C27H42ClFN4O4/c1-30-17-24(15-19-8-10-23(29)11-9-19)32-26(34)33-13-4-6-21(18-33)25(20-5-3-7-22(28)16-20)37-14-12-31-27(35)36-2/h3,5,7,16,19,21,23-25,30H,4,6,8-15,17-18H2,1-2H3,(H,31,35)(H,32,34)/t19?,21-,23?,24+,25+/m1/s1. The van der Waals surface area contributed by atoms with E-state index in [1.807, 2.05) is 36.2 Å². The smallest absolute Gasteiger partial charge is 0.406 e. The Labute approximate surface area is 225 Å². The molecule has 3 atom stereocenters. The van der Waals surface area contributed by atoms with Crippen molar-refractivity contribution in [3.8, 4) is 0 Å². The molecular weight excluding hydrogens is 499 g/mol. The number of amides is 3. The molecule has 1 saturated heterocycles. The van der Waals surface area contributed by atoms with Crippen molar-refractivity contribution in [2.75, 3.05) is 46.9 Å². The number of nitrogens with one attached hydrogen (secondary N) is 3. The minimum atomic E-state index is -0.676. The van der Waals surface area contributed by atoms with Gasteiger partial charge in [0, 0.05) is 43.2 Å². The Morgan fingerprint density at radius 1 is 1.22 bits per heavy atom. The van der Waals surface area contributed by atoms with Crippen LogP contribution in [-0.2, 0) is 9.47 Å². The number of hydrogen-bond acceptors (Lipinski definition) is 5. The molecule has 37 heavy (non-hydrogen) atoms. The SMILES string of the molecule is CNC[C@H](CC1CCC(F)CC1)NC(=O)N1CCC[C@@H]([C@@H](OCCNC(=O)OC)c2cccc(Cl)c2)C1. The van der Waals surface area contributed by atoms with Gasteiger partial charge < -0.3 is 30.3 Å². The van der Waals surface area contributed by atoms with Crippen LogP contribution in [0.4, 0.5) is 14.0 Å². The van der Waals surface area contributed by atoms with Crippen LogP contribution in [-0.4, -0.2) is 76.2 Å². The zero-order chi connectivity index (χ0) is 26.6. The summed E-state index contributed by atoms with van der Waals surface area (Å²) in [5.41, 5.74) is 0.953. The molecule has 3 rings (SSSR count). The quantitative estimate of drug-likeness (QED) is 0.354. The van der Waals surface area contributed by atoms with Crippen LogP contribution >= 0.6 is 11.6 Å². The Balaban J connectivity index is 1.61. The summed E-state index contributed by atoms with van der Waals surface area (Å²) in [4.78, 5) is 26.6. The summed E-state index contributed by atoms with van der Waals surface area (Å²) in [5, 5.41) is 9.69. The Kier molecular flexibility index (Phi) is 12.2. The second-order valence-corrected chi connectivity index (χ2v) is 10.6. The lowest BCUT2D eigenvalue weighted by atomic mass is 9.84. The monoisotopic (exact) mass is 540 g/mol. The van der Waals surface area contributed by atoms with Crippen LogP contribution in [0.15, 0.2) is 24.3 Å². The molecule has 1 heterocycles. The number of methoxy groups -OCH3 is 1. The summed E-state index contributed by atoms with van der Waals surface area (Å²) in [6.45, 7) is 2.55. The number of alkyl carbamates (subject to hydrolysis) is 1. The summed E-state index contributed by atoms with van der Waals surface area (Å²) < 4.78 is 24.4. The molecule has 1 aliphatic carbocycles. The third kappa shape index (κ3) is 9.61. The number of carbonyl (C=O) groups is 2. The number of hydrogen-bond donors (Lipinski definition) is 3. The number of alkyl halides is 1. The molecule has 0 aromatic heterocycles. The summed E-state index contributed by atoms with van der Waals surface area (Å²) in [6, 6.07) is 7.53. The summed E-state index contributed by atoms with van der Waals surface area (Å²) in [6.07, 6.45) is 4.21. The maximum atomic E-state index is 13.6. The molecule has 3 N–H and O–H groups in total. The average molecular weight is 541 g/mol. The summed E-state index contributed by atoms with van der Waals surface area (Å²) >= 11 is 6.27. The molecule has 1 saturated carbocycles. The van der Waals surface area contributed by atoms with Crippen molar-refractivity contribution in [2.45, 2.75) is 63.3 Å². The molecule has 1 aliphatic heterocycles. The van der Waals surface area contributed by atoms with Gasteiger partial charge >= 0.3 is 12.1 Å². The molecule has 0 unspecified atom stereocenters. The molecule has 10 heteroatoms. The number of benzene rings is 1. The highest BCUT2D eigenvalue weighted by atomic mass is 35.5. The van der Waals surface area contributed by atoms with Crippen molar-refractivity contribution in [1.82, 2.24) is 20.9 Å². The van der Waals surface area contributed by atoms with Crippen LogP contribution in [0.5, 0.6) is 0 Å². The predicted octanol–water partition coefficient (Wildman–Crippen LogP) is 4.68. The van der Waals surface area contributed by atoms with Gasteiger partial charge in [-0.3, -0.25) is 0 Å². The first-order valence-corrected chi connectivity index (χ1v) is 13.8. The Bertz CT molecular complexity index is 855. The van der Waals surface area contributed by atoms with E-state index in [4.69, 9.17) is 16.3 Å². The zero-order valence-electron chi connectivity index (χ0n) is 22.0. The molecular formula is C27H42ClFN4O4. The molecule has 1 aromatic rings. The third-order valence-electron chi connectivity index (χ3n) is 7.38. The Morgan fingerprint density at radius 2 is 2.00 bits per heavy atom. The van der Waals surface area contributed by atoms with E-state index in [0.717, 1.165) is 37.7 Å². The molecule has 2 aliphatic rings. The first kappa shape index (κ1) is 29.5. The number of nitrogens with zero attached hydrogens (tertiary/aromatic N) is 1. The van der Waals surface area contributed by atoms with Gasteiger partial charge in [-0.1, -0.05) is 23.7 Å². The third-order valence-corrected chi connectivity index (χ3v) is 7.61. The predicted molar refractivity (Wildman–Crippen MR) is 143 cm³/mol. The van der Waals surface area contributed by atoms with E-state index in [1.54, 1.807) is 0 Å². The highest BCUT2D eigenvalue weighted by Gasteiger charge is 2.32. The minimum Gasteiger partial charge on any atom is -0.453 e. The van der Waals surface area contributed by atoms with Crippen LogP contribution in [0.1, 0.15) is 56.6 Å². The van der Waals surface area contributed by atoms with E-state index in [1.165, 1.54) is 7.11 Å². The van der Waals surface area contributed by atoms with Gasteiger partial charge in [-0.15, -0.1) is 0 Å². The Morgan fingerprint density at radius 3 is 2.70 bits per heavy atom. The number of likely N-dealkylation sites (N-methyl/N-ethyl adjacent to an activating group) is 1. The van der Waals surface area contributed by atoms with Gasteiger partial charge in [-0.25, -0.2) is 14.0 Å². The summed E-state index contributed by atoms with van der Waals surface area (Å²) in [7, 11) is 3.21. The van der Waals surface area contributed by atoms with Crippen LogP contribution < -0.4 is 16.0 Å². The van der Waals surface area contributed by atoms with Gasteiger partial charge in [0.15, 0.2) is 0 Å². The normalized spacial score (nSPS) is 23.7. The van der Waals surface area contributed by atoms with Crippen LogP contribution in [0.25, 0.3) is 0 Å². The van der Waals surface area contributed by atoms with Crippen molar-refractivity contribution in [3.63, 3.8) is 0 Å². The lowest BCUT2D eigenvalue weighted by Crippen LogP contribution is -2.52. The lowest BCUT2D eigenvalue weighted by molar-refractivity contribution is -0.00865. The number of rotatable bonds is 11. The fraction of sp³-hybridized carbons (Fsp3) is 0.704. The molecule has 0 spiro atoms. The molecule has 208 valence electrons. The number of piperidine rings is 1. The van der Waals surface area contributed by atoms with Crippen molar-refractivity contribution >= 4 is 23.7 Å². The maximum absolute atomic E-state index is 13.6. The molecule has 2 fully saturated rings. The van der Waals surface area contributed by atoms with Gasteiger partial charge in [-0.05, 0) is 75.6 Å². The zero-order valence-corrected chi connectivity index (χ0v) is 22.8. The fourth-order valence-corrected chi connectivity index (χ4v) is 5.70. The lowest BCUT2D eigenvalue weighted by Gasteiger charge is -2.38. The van der Waals surface area contributed by atoms with Crippen molar-refractivity contribution in [1.29, 1.82) is 0 Å². The average Bonchev–Trinajstić information content (AvgIpc) is 2.90. The van der Waals surface area contributed by atoms with Gasteiger partial charge in [0.1, 0.15) is 6.17 Å². The van der Waals surface area contributed by atoms with E-state index < -0.39 is 12.3 Å². The molecule has 8 nitrogen and oxygen atoms in total. The second-order valence-electron chi connectivity index (χ2n) is 10.2. The maximum Gasteiger partial charge on any atom is 0.406 e. The highest BCUT2D eigenvalue weighted by molar-refractivity contribution is 6.30. The Hall–Kier alpha value is -2.10. The van der Waals surface area contributed by atoms with Crippen molar-refractivity contribution in [2.24, 2.45) is 11.8 Å². The highest BCUT2D eigenvalue weighted by Crippen LogP contribution is 2.34. The van der Waals surface area contributed by atoms with Crippen molar-refractivity contribution in [3.05, 3.63) is 34.9 Å². The van der Waals surface area contributed by atoms with E-state index in [0.29, 0.717) is 56.6 Å². The first-order chi connectivity index (χ1) is 17.9. The van der Waals surface area contributed by atoms with Crippen LogP contribution in [0.3, 0.4) is 0 Å². The van der Waals surface area contributed by atoms with Gasteiger partial charge in [-0.2, -0.15) is 0 Å². The number of ether oxygens (including phenoxy) is 2. The number of likely N-dealkylation sites (tertiary alicyclic amines) is 1. The van der Waals surface area contributed by atoms with Crippen LogP contribution in [0.2, 0.25) is 5.02 Å². The summed E-state index contributed by atoms with van der Waals surface area (Å²) in [5.74, 6) is 0.526. The molecule has 0 radical (unpaired) electrons. The van der Waals surface area contributed by atoms with E-state index >= 15 is 0 Å². The van der Waals surface area contributed by atoms with Gasteiger partial charge in [0.05, 0.1) is 19.8 Å². The minimum absolute atomic E-state index is 0.00316. The van der Waals surface area contributed by atoms with E-state index in [9.17, 15) is 14.0 Å². The molecule has 3 amide bonds. The molecule has 0 bridgehead atoms. The fourth-order valence-electron chi connectivity index (χ4n) is 5.51. The first-order valence-electron chi connectivity index (χ1n) is 13.4. The van der Waals surface area contributed by atoms with Gasteiger partial charge in [0.25, 0.3) is 0 Å². The van der Waals surface area contributed by atoms with Crippen LogP contribution in [0, 0.1) is 11.8 Å². The van der Waals surface area contributed by atoms with Gasteiger partial charge in [0.2, 0.25) is 0 Å². The second kappa shape index (κ2) is 15.3. The molecule has 1 aromatic carbocycles. The number of halogens is 2. The topological polar surface area (TPSA) is 91.9 Å². The number of carbonyl (C=O) groups excluding carboxylic acids is 2. The van der Waals surface area contributed by atoms with E-state index in [2.05, 4.69) is 20.7 Å². The number of urea groups is 1. The van der Waals surface area contributed by atoms with Crippen molar-refractivity contribution < 1.29 is 23.5 Å².